The van der Waals surface area contributed by atoms with Gasteiger partial charge in [0.15, 0.2) is 0 Å². The quantitative estimate of drug-likeness (QED) is 0.759. The monoisotopic (exact) mass is 227 g/mol. The summed E-state index contributed by atoms with van der Waals surface area (Å²) in [6, 6.07) is 3.00. The lowest BCUT2D eigenvalue weighted by Crippen LogP contribution is -2.22. The highest BCUT2D eigenvalue weighted by molar-refractivity contribution is 6.76. The number of anilines is 1. The van der Waals surface area contributed by atoms with Gasteiger partial charge in [-0.3, -0.25) is 5.10 Å². The van der Waals surface area contributed by atoms with Gasteiger partial charge < -0.3 is 10.5 Å². The first-order valence-electron chi connectivity index (χ1n) is 5.31. The minimum absolute atomic E-state index is 0.0474. The Balaban J connectivity index is 2.34. The van der Waals surface area contributed by atoms with E-state index >= 15 is 0 Å². The molecule has 1 rings (SSSR count). The summed E-state index contributed by atoms with van der Waals surface area (Å²) >= 11 is 0. The van der Waals surface area contributed by atoms with Crippen molar-refractivity contribution < 1.29 is 4.74 Å². The third-order valence-electron chi connectivity index (χ3n) is 2.28. The Morgan fingerprint density at radius 2 is 2.20 bits per heavy atom. The molecular weight excluding hydrogens is 206 g/mol. The van der Waals surface area contributed by atoms with Gasteiger partial charge in [0.2, 0.25) is 0 Å². The van der Waals surface area contributed by atoms with Crippen molar-refractivity contribution in [3.05, 3.63) is 11.8 Å². The van der Waals surface area contributed by atoms with Crippen LogP contribution in [0.3, 0.4) is 0 Å². The Bertz CT molecular complexity index is 306. The van der Waals surface area contributed by atoms with Gasteiger partial charge in [-0.1, -0.05) is 19.6 Å². The van der Waals surface area contributed by atoms with Crippen LogP contribution >= 0.6 is 0 Å². The van der Waals surface area contributed by atoms with E-state index in [2.05, 4.69) is 29.8 Å². The maximum absolute atomic E-state index is 5.73. The zero-order valence-corrected chi connectivity index (χ0v) is 11.0. The smallest absolute Gasteiger partial charge is 0.145 e. The summed E-state index contributed by atoms with van der Waals surface area (Å²) in [7, 11) is -0.995. The minimum Gasteiger partial charge on any atom is -0.382 e. The molecule has 86 valence electrons. The second kappa shape index (κ2) is 4.81. The van der Waals surface area contributed by atoms with Crippen LogP contribution in [0.25, 0.3) is 0 Å². The molecule has 0 amide bonds. The van der Waals surface area contributed by atoms with Gasteiger partial charge in [-0.25, -0.2) is 0 Å². The summed E-state index contributed by atoms with van der Waals surface area (Å²) in [5.41, 5.74) is 6.47. The number of nitrogen functional groups attached to an aromatic ring is 1. The number of H-pyrrole nitrogens is 1. The molecule has 0 radical (unpaired) electrons. The van der Waals surface area contributed by atoms with Crippen LogP contribution in [0.4, 0.5) is 5.82 Å². The topological polar surface area (TPSA) is 63.9 Å². The lowest BCUT2D eigenvalue weighted by atomic mass is 10.3. The van der Waals surface area contributed by atoms with E-state index in [9.17, 15) is 0 Å². The van der Waals surface area contributed by atoms with Gasteiger partial charge in [0.1, 0.15) is 5.82 Å². The van der Waals surface area contributed by atoms with E-state index in [1.54, 1.807) is 0 Å². The molecule has 1 aromatic rings. The second-order valence-electron chi connectivity index (χ2n) is 5.07. The molecule has 1 unspecified atom stereocenters. The second-order valence-corrected chi connectivity index (χ2v) is 10.7. The van der Waals surface area contributed by atoms with E-state index in [0.717, 1.165) is 12.3 Å². The molecule has 0 aliphatic heterocycles. The zero-order valence-electron chi connectivity index (χ0n) is 10.0. The summed E-state index contributed by atoms with van der Waals surface area (Å²) in [4.78, 5) is 0. The molecule has 0 aliphatic rings. The van der Waals surface area contributed by atoms with Gasteiger partial charge in [0.05, 0.1) is 11.8 Å². The maximum atomic E-state index is 5.73. The lowest BCUT2D eigenvalue weighted by Gasteiger charge is -2.17. The van der Waals surface area contributed by atoms with E-state index in [1.165, 1.54) is 6.04 Å². The van der Waals surface area contributed by atoms with Crippen LogP contribution in [0, 0.1) is 0 Å². The zero-order chi connectivity index (χ0) is 11.5. The molecule has 0 saturated carbocycles. The first kappa shape index (κ1) is 12.3. The lowest BCUT2D eigenvalue weighted by molar-refractivity contribution is 0.0727. The Morgan fingerprint density at radius 1 is 1.53 bits per heavy atom. The van der Waals surface area contributed by atoms with Crippen LogP contribution in [0.1, 0.15) is 18.7 Å². The number of hydrogen-bond acceptors (Lipinski definition) is 3. The van der Waals surface area contributed by atoms with Crippen molar-refractivity contribution in [1.29, 1.82) is 0 Å². The standard InChI is InChI=1S/C10H21N3OSi/c1-8(9-7-10(11)13-12-9)14-5-6-15(2,3)4/h7-8H,5-6H2,1-4H3,(H3,11,12,13). The number of aromatic nitrogens is 2. The minimum atomic E-state index is -0.995. The molecule has 15 heavy (non-hydrogen) atoms. The normalized spacial score (nSPS) is 14.1. The molecule has 0 aliphatic carbocycles. The molecule has 4 nitrogen and oxygen atoms in total. The van der Waals surface area contributed by atoms with Crippen molar-refractivity contribution >= 4 is 13.9 Å². The van der Waals surface area contributed by atoms with Crippen LogP contribution in [0.5, 0.6) is 0 Å². The molecule has 0 fully saturated rings. The number of hydrogen-bond donors (Lipinski definition) is 2. The third kappa shape index (κ3) is 4.48. The first-order valence-corrected chi connectivity index (χ1v) is 9.01. The fraction of sp³-hybridized carbons (Fsp3) is 0.700. The van der Waals surface area contributed by atoms with Gasteiger partial charge >= 0.3 is 0 Å². The summed E-state index contributed by atoms with van der Waals surface area (Å²) < 4.78 is 5.73. The number of rotatable bonds is 5. The first-order chi connectivity index (χ1) is 6.88. The van der Waals surface area contributed by atoms with Crippen molar-refractivity contribution in [2.24, 2.45) is 0 Å². The van der Waals surface area contributed by atoms with Crippen molar-refractivity contribution in [2.45, 2.75) is 38.7 Å². The largest absolute Gasteiger partial charge is 0.382 e. The van der Waals surface area contributed by atoms with Crippen molar-refractivity contribution in [2.75, 3.05) is 12.3 Å². The molecule has 1 atom stereocenters. The fourth-order valence-electron chi connectivity index (χ4n) is 1.19. The third-order valence-corrected chi connectivity index (χ3v) is 3.98. The highest BCUT2D eigenvalue weighted by Gasteiger charge is 2.14. The van der Waals surface area contributed by atoms with E-state index < -0.39 is 8.07 Å². The van der Waals surface area contributed by atoms with Gasteiger partial charge in [0, 0.05) is 20.7 Å². The highest BCUT2D eigenvalue weighted by Crippen LogP contribution is 2.17. The van der Waals surface area contributed by atoms with E-state index in [4.69, 9.17) is 10.5 Å². The molecule has 0 aromatic carbocycles. The van der Waals surface area contributed by atoms with Gasteiger partial charge in [0.25, 0.3) is 0 Å². The Kier molecular flexibility index (Phi) is 3.93. The Labute approximate surface area is 92.2 Å². The highest BCUT2D eigenvalue weighted by atomic mass is 28.3. The van der Waals surface area contributed by atoms with Gasteiger partial charge in [-0.2, -0.15) is 5.10 Å². The Morgan fingerprint density at radius 3 is 2.67 bits per heavy atom. The molecule has 3 N–H and O–H groups in total. The summed E-state index contributed by atoms with van der Waals surface area (Å²) in [5.74, 6) is 0.519. The fourth-order valence-corrected chi connectivity index (χ4v) is 1.92. The number of nitrogens with one attached hydrogen (secondary N) is 1. The summed E-state index contributed by atoms with van der Waals surface area (Å²) in [6.07, 6.45) is 0.0474. The summed E-state index contributed by atoms with van der Waals surface area (Å²) in [5, 5.41) is 6.74. The van der Waals surface area contributed by atoms with Gasteiger partial charge in [-0.15, -0.1) is 0 Å². The molecule has 1 aromatic heterocycles. The maximum Gasteiger partial charge on any atom is 0.145 e. The van der Waals surface area contributed by atoms with Crippen LogP contribution in [0.2, 0.25) is 25.7 Å². The van der Waals surface area contributed by atoms with E-state index in [-0.39, 0.29) is 6.10 Å². The average Bonchev–Trinajstić information content (AvgIpc) is 2.49. The molecular formula is C10H21N3OSi. The SMILES string of the molecule is CC(OCC[Si](C)(C)C)c1cc(N)n[nH]1. The predicted octanol–water partition coefficient (Wildman–Crippen LogP) is 2.41. The van der Waals surface area contributed by atoms with Crippen LogP contribution in [0.15, 0.2) is 6.07 Å². The van der Waals surface area contributed by atoms with E-state index in [0.29, 0.717) is 5.82 Å². The van der Waals surface area contributed by atoms with Crippen molar-refractivity contribution in [1.82, 2.24) is 10.2 Å². The van der Waals surface area contributed by atoms with Crippen LogP contribution < -0.4 is 5.73 Å². The number of nitrogens with two attached hydrogens (primary N) is 1. The Hall–Kier alpha value is -0.813. The molecule has 5 heteroatoms. The number of ether oxygens (including phenoxy) is 1. The summed E-state index contributed by atoms with van der Waals surface area (Å²) in [6.45, 7) is 9.85. The van der Waals surface area contributed by atoms with Crippen molar-refractivity contribution in [3.63, 3.8) is 0 Å². The number of aromatic amines is 1. The predicted molar refractivity (Wildman–Crippen MR) is 65.5 cm³/mol. The molecule has 0 saturated heterocycles. The van der Waals surface area contributed by atoms with Crippen LogP contribution in [-0.4, -0.2) is 24.9 Å². The number of nitrogens with zero attached hydrogens (tertiary/aromatic N) is 1. The van der Waals surface area contributed by atoms with Crippen molar-refractivity contribution in [3.8, 4) is 0 Å². The van der Waals surface area contributed by atoms with Gasteiger partial charge in [-0.05, 0) is 13.0 Å². The van der Waals surface area contributed by atoms with Crippen LogP contribution in [-0.2, 0) is 4.74 Å². The van der Waals surface area contributed by atoms with E-state index in [1.807, 2.05) is 13.0 Å². The molecule has 1 heterocycles. The molecule has 0 bridgehead atoms. The average molecular weight is 227 g/mol. The molecule has 0 spiro atoms.